The maximum atomic E-state index is 12.8. The second-order valence-corrected chi connectivity index (χ2v) is 8.71. The molecule has 148 valence electrons. The highest BCUT2D eigenvalue weighted by Gasteiger charge is 2.34. The predicted molar refractivity (Wildman–Crippen MR) is 118 cm³/mol. The van der Waals surface area contributed by atoms with Crippen LogP contribution in [0.25, 0.3) is 6.08 Å². The molecule has 0 saturated carbocycles. The number of terminal acetylenes is 1. The number of hydrogen-bond acceptors (Lipinski definition) is 6. The summed E-state index contributed by atoms with van der Waals surface area (Å²) < 4.78 is 18.2. The molecule has 2 aliphatic heterocycles. The van der Waals surface area contributed by atoms with E-state index in [2.05, 4.69) is 21.9 Å². The van der Waals surface area contributed by atoms with Crippen molar-refractivity contribution in [2.45, 2.75) is 25.9 Å². The summed E-state index contributed by atoms with van der Waals surface area (Å²) in [5.41, 5.74) is 0.806. The minimum atomic E-state index is -0.0905. The minimum Gasteiger partial charge on any atom is -0.490 e. The topological polar surface area (TPSA) is 48.0 Å². The van der Waals surface area contributed by atoms with Crippen molar-refractivity contribution in [1.82, 2.24) is 4.90 Å². The second kappa shape index (κ2) is 9.79. The fourth-order valence-corrected chi connectivity index (χ4v) is 4.84. The van der Waals surface area contributed by atoms with Gasteiger partial charge >= 0.3 is 0 Å². The zero-order chi connectivity index (χ0) is 20.1. The van der Waals surface area contributed by atoms with Crippen molar-refractivity contribution in [2.75, 3.05) is 26.4 Å². The smallest absolute Gasteiger partial charge is 0.266 e. The highest BCUT2D eigenvalue weighted by atomic mass is 79.9. The highest BCUT2D eigenvalue weighted by Crippen LogP contribution is 2.39. The molecular formula is C20H20BrNO4S2. The Morgan fingerprint density at radius 1 is 1.50 bits per heavy atom. The molecule has 8 heteroatoms. The first-order valence-electron chi connectivity index (χ1n) is 8.93. The molecule has 0 aliphatic carbocycles. The lowest BCUT2D eigenvalue weighted by atomic mass is 10.1. The summed E-state index contributed by atoms with van der Waals surface area (Å²) >= 11 is 10.2. The number of amides is 1. The average molecular weight is 482 g/mol. The zero-order valence-corrected chi connectivity index (χ0v) is 18.6. The Labute approximate surface area is 182 Å². The van der Waals surface area contributed by atoms with Crippen LogP contribution in [0.1, 0.15) is 25.3 Å². The maximum absolute atomic E-state index is 12.8. The standard InChI is InChI=1S/C20H20BrNO4S2/c1-3-7-26-18-15(21)9-13(10-16(18)24-4-2)11-17-19(23)22(20(27)28-17)12-14-6-5-8-25-14/h1,9-11,14H,4-8,12H2,2H3/b17-11-/t14-/m1/s1. The van der Waals surface area contributed by atoms with E-state index in [0.717, 1.165) is 25.0 Å². The van der Waals surface area contributed by atoms with Crippen LogP contribution in [0.5, 0.6) is 11.5 Å². The average Bonchev–Trinajstić information content (AvgIpc) is 3.26. The van der Waals surface area contributed by atoms with E-state index in [-0.39, 0.29) is 18.6 Å². The molecule has 0 spiro atoms. The molecule has 3 rings (SSSR count). The van der Waals surface area contributed by atoms with Crippen molar-refractivity contribution in [3.05, 3.63) is 27.1 Å². The number of nitrogens with zero attached hydrogens (tertiary/aromatic N) is 1. The lowest BCUT2D eigenvalue weighted by Gasteiger charge is -2.18. The number of thiocarbonyl (C=S) groups is 1. The van der Waals surface area contributed by atoms with Crippen LogP contribution in [0.2, 0.25) is 0 Å². The van der Waals surface area contributed by atoms with E-state index in [1.807, 2.05) is 25.1 Å². The number of hydrogen-bond donors (Lipinski definition) is 0. The fraction of sp³-hybridized carbons (Fsp3) is 0.400. The molecule has 2 fully saturated rings. The van der Waals surface area contributed by atoms with E-state index in [9.17, 15) is 4.79 Å². The normalized spacial score (nSPS) is 20.7. The minimum absolute atomic E-state index is 0.0631. The number of rotatable bonds is 7. The van der Waals surface area contributed by atoms with Crippen molar-refractivity contribution in [1.29, 1.82) is 0 Å². The van der Waals surface area contributed by atoms with Crippen molar-refractivity contribution >= 4 is 56.2 Å². The number of ether oxygens (including phenoxy) is 3. The SMILES string of the molecule is C#CCOc1c(Br)cc(/C=C2\SC(=S)N(C[C@H]3CCCO3)C2=O)cc1OCC. The Kier molecular flexibility index (Phi) is 7.41. The summed E-state index contributed by atoms with van der Waals surface area (Å²) in [5, 5.41) is 0. The summed E-state index contributed by atoms with van der Waals surface area (Å²) in [4.78, 5) is 15.0. The van der Waals surface area contributed by atoms with Crippen molar-refractivity contribution in [3.8, 4) is 23.8 Å². The largest absolute Gasteiger partial charge is 0.490 e. The van der Waals surface area contributed by atoms with E-state index < -0.39 is 0 Å². The molecule has 1 aromatic rings. The van der Waals surface area contributed by atoms with Gasteiger partial charge in [-0.05, 0) is 59.5 Å². The van der Waals surface area contributed by atoms with Gasteiger partial charge < -0.3 is 14.2 Å². The molecule has 0 radical (unpaired) electrons. The molecule has 28 heavy (non-hydrogen) atoms. The van der Waals surface area contributed by atoms with Crippen molar-refractivity contribution in [3.63, 3.8) is 0 Å². The van der Waals surface area contributed by atoms with Crippen molar-refractivity contribution < 1.29 is 19.0 Å². The Morgan fingerprint density at radius 2 is 2.32 bits per heavy atom. The molecular weight excluding hydrogens is 462 g/mol. The number of carbonyl (C=O) groups is 1. The van der Waals surface area contributed by atoms with Gasteiger partial charge in [-0.3, -0.25) is 9.69 Å². The summed E-state index contributed by atoms with van der Waals surface area (Å²) in [6, 6.07) is 3.69. The Morgan fingerprint density at radius 3 is 3.00 bits per heavy atom. The molecule has 2 heterocycles. The van der Waals surface area contributed by atoms with Crippen LogP contribution in [0.15, 0.2) is 21.5 Å². The fourth-order valence-electron chi connectivity index (χ4n) is 2.99. The molecule has 1 amide bonds. The first-order valence-corrected chi connectivity index (χ1v) is 10.9. The first kappa shape index (κ1) is 21.2. The van der Waals surface area contributed by atoms with Gasteiger partial charge in [-0.1, -0.05) is 29.9 Å². The van der Waals surface area contributed by atoms with Gasteiger partial charge in [0, 0.05) is 6.61 Å². The monoisotopic (exact) mass is 481 g/mol. The summed E-state index contributed by atoms with van der Waals surface area (Å²) in [7, 11) is 0. The Bertz CT molecular complexity index is 843. The van der Waals surface area contributed by atoms with E-state index >= 15 is 0 Å². The van der Waals surface area contributed by atoms with Gasteiger partial charge in [0.1, 0.15) is 10.9 Å². The van der Waals surface area contributed by atoms with E-state index in [1.165, 1.54) is 11.8 Å². The van der Waals surface area contributed by atoms with Crippen LogP contribution in [-0.2, 0) is 9.53 Å². The van der Waals surface area contributed by atoms with E-state index in [4.69, 9.17) is 32.9 Å². The molecule has 0 aromatic heterocycles. The summed E-state index contributed by atoms with van der Waals surface area (Å²) in [5.74, 6) is 3.46. The van der Waals surface area contributed by atoms with Gasteiger partial charge in [0.05, 0.1) is 28.6 Å². The van der Waals surface area contributed by atoms with Crippen molar-refractivity contribution in [2.24, 2.45) is 0 Å². The molecule has 2 saturated heterocycles. The summed E-state index contributed by atoms with van der Waals surface area (Å²) in [6.45, 7) is 3.76. The molecule has 5 nitrogen and oxygen atoms in total. The first-order chi connectivity index (χ1) is 13.5. The lowest BCUT2D eigenvalue weighted by Crippen LogP contribution is -2.35. The quantitative estimate of drug-likeness (QED) is 0.329. The lowest BCUT2D eigenvalue weighted by molar-refractivity contribution is -0.123. The van der Waals surface area contributed by atoms with E-state index in [1.54, 1.807) is 4.90 Å². The van der Waals surface area contributed by atoms with Gasteiger partial charge in [-0.2, -0.15) is 0 Å². The van der Waals surface area contributed by atoms with Gasteiger partial charge in [0.15, 0.2) is 11.5 Å². The van der Waals surface area contributed by atoms with Gasteiger partial charge in [0.2, 0.25) is 0 Å². The summed E-state index contributed by atoms with van der Waals surface area (Å²) in [6.07, 6.45) is 9.14. The van der Waals surface area contributed by atoms with Crippen LogP contribution in [0, 0.1) is 12.3 Å². The molecule has 0 N–H and O–H groups in total. The van der Waals surface area contributed by atoms with Gasteiger partial charge in [-0.15, -0.1) is 6.42 Å². The molecule has 0 unspecified atom stereocenters. The van der Waals surface area contributed by atoms with Gasteiger partial charge in [-0.25, -0.2) is 0 Å². The van der Waals surface area contributed by atoms with Crippen LogP contribution in [-0.4, -0.2) is 47.6 Å². The third-order valence-corrected chi connectivity index (χ3v) is 6.18. The Hall–Kier alpha value is -1.53. The van der Waals surface area contributed by atoms with Gasteiger partial charge in [0.25, 0.3) is 5.91 Å². The van der Waals surface area contributed by atoms with Crippen LogP contribution < -0.4 is 9.47 Å². The Balaban J connectivity index is 1.83. The van der Waals surface area contributed by atoms with Crippen LogP contribution in [0.4, 0.5) is 0 Å². The van der Waals surface area contributed by atoms with E-state index in [0.29, 0.717) is 38.3 Å². The number of carbonyl (C=O) groups excluding carboxylic acids is 1. The molecule has 2 aliphatic rings. The number of benzene rings is 1. The number of thioether (sulfide) groups is 1. The molecule has 0 bridgehead atoms. The highest BCUT2D eigenvalue weighted by molar-refractivity contribution is 9.10. The number of halogens is 1. The molecule has 1 atom stereocenters. The maximum Gasteiger partial charge on any atom is 0.266 e. The zero-order valence-electron chi connectivity index (χ0n) is 15.4. The van der Waals surface area contributed by atoms with Crippen LogP contribution >= 0.6 is 39.9 Å². The molecule has 1 aromatic carbocycles. The third-order valence-electron chi connectivity index (χ3n) is 4.21. The van der Waals surface area contributed by atoms with Crippen LogP contribution in [0.3, 0.4) is 0 Å². The third kappa shape index (κ3) is 4.90. The second-order valence-electron chi connectivity index (χ2n) is 6.18. The predicted octanol–water partition coefficient (Wildman–Crippen LogP) is 4.24.